The summed E-state index contributed by atoms with van der Waals surface area (Å²) in [5, 5.41) is 3.03. The predicted octanol–water partition coefficient (Wildman–Crippen LogP) is 20.7. The number of phosphoric acid groups is 1. The molecule has 0 aliphatic rings. The lowest BCUT2D eigenvalue weighted by Gasteiger charge is -2.30. The molecule has 0 heterocycles. The molecule has 0 aliphatic heterocycles. The molecule has 0 saturated carbocycles. The largest absolute Gasteiger partial charge is 0.756 e. The Morgan fingerprint density at radius 3 is 1.15 bits per heavy atom. The molecule has 81 heavy (non-hydrogen) atoms. The van der Waals surface area contributed by atoms with E-state index in [1.165, 1.54) is 161 Å². The van der Waals surface area contributed by atoms with E-state index in [2.05, 4.69) is 99.0 Å². The SMILES string of the molecule is CCCCC/C=C\C/C=C\C/C=C\C/C=C\CCCCCCCCCC(=O)NC(COP(=O)([O-])OCC[N+](C)(C)C)C(/C=C\CCCCCCCCCCCCC)OC(=O)CCCCCCCCCCC/C=C\C/C=C\CCCCC. The summed E-state index contributed by atoms with van der Waals surface area (Å²) in [5.74, 6) is -0.554. The molecule has 1 amide bonds. The molecule has 3 unspecified atom stereocenters. The number of phosphoric ester groups is 1. The van der Waals surface area contributed by atoms with Gasteiger partial charge in [0.15, 0.2) is 0 Å². The summed E-state index contributed by atoms with van der Waals surface area (Å²) >= 11 is 0. The third-order valence-corrected chi connectivity index (χ3v) is 15.8. The minimum absolute atomic E-state index is 0.0282. The number of hydrogen-bond acceptors (Lipinski definition) is 7. The number of carbonyl (C=O) groups excluding carboxylic acids is 2. The minimum atomic E-state index is -4.71. The summed E-state index contributed by atoms with van der Waals surface area (Å²) in [7, 11) is 1.17. The number of nitrogens with zero attached hydrogens (tertiary/aromatic N) is 1. The van der Waals surface area contributed by atoms with Crippen LogP contribution in [0.2, 0.25) is 0 Å². The van der Waals surface area contributed by atoms with Crippen LogP contribution >= 0.6 is 7.82 Å². The fraction of sp³-hybridized carbons (Fsp3) is 0.775. The van der Waals surface area contributed by atoms with Crippen molar-refractivity contribution in [2.75, 3.05) is 40.9 Å². The van der Waals surface area contributed by atoms with Crippen molar-refractivity contribution in [1.29, 1.82) is 0 Å². The quantitative estimate of drug-likeness (QED) is 0.0212. The van der Waals surface area contributed by atoms with Crippen LogP contribution < -0.4 is 10.2 Å². The summed E-state index contributed by atoms with van der Waals surface area (Å²) in [6.07, 6.45) is 79.7. The molecule has 0 rings (SSSR count). The van der Waals surface area contributed by atoms with E-state index in [-0.39, 0.29) is 24.9 Å². The number of carbonyl (C=O) groups is 2. The molecular formula is C71H129N2O7P. The van der Waals surface area contributed by atoms with Crippen LogP contribution in [0.5, 0.6) is 0 Å². The lowest BCUT2D eigenvalue weighted by molar-refractivity contribution is -0.870. The molecule has 0 aromatic heterocycles. The molecule has 470 valence electrons. The van der Waals surface area contributed by atoms with Gasteiger partial charge in [0.1, 0.15) is 19.3 Å². The van der Waals surface area contributed by atoms with E-state index in [0.29, 0.717) is 17.4 Å². The molecule has 10 heteroatoms. The van der Waals surface area contributed by atoms with E-state index in [0.717, 1.165) is 109 Å². The molecular weight excluding hydrogens is 1020 g/mol. The van der Waals surface area contributed by atoms with Gasteiger partial charge in [0.25, 0.3) is 7.82 Å². The van der Waals surface area contributed by atoms with Crippen LogP contribution in [-0.4, -0.2) is 69.4 Å². The van der Waals surface area contributed by atoms with Crippen molar-refractivity contribution in [2.45, 2.75) is 315 Å². The molecule has 9 nitrogen and oxygen atoms in total. The topological polar surface area (TPSA) is 114 Å². The first kappa shape index (κ1) is 78.2. The Labute approximate surface area is 501 Å². The highest BCUT2D eigenvalue weighted by Gasteiger charge is 2.27. The van der Waals surface area contributed by atoms with Gasteiger partial charge in [-0.1, -0.05) is 267 Å². The molecule has 0 aliphatic carbocycles. The van der Waals surface area contributed by atoms with Crippen LogP contribution in [0.4, 0.5) is 0 Å². The number of amides is 1. The number of likely N-dealkylation sites (N-methyl/N-ethyl adjacent to an activating group) is 1. The van der Waals surface area contributed by atoms with Gasteiger partial charge in [-0.3, -0.25) is 14.2 Å². The molecule has 0 aromatic rings. The zero-order chi connectivity index (χ0) is 59.3. The number of nitrogens with one attached hydrogen (secondary N) is 1. The van der Waals surface area contributed by atoms with Gasteiger partial charge in [0.05, 0.1) is 33.8 Å². The average Bonchev–Trinajstić information content (AvgIpc) is 3.44. The average molecular weight is 1150 g/mol. The molecule has 3 atom stereocenters. The second kappa shape index (κ2) is 60.3. The van der Waals surface area contributed by atoms with Crippen molar-refractivity contribution in [3.05, 3.63) is 85.1 Å². The van der Waals surface area contributed by atoms with Gasteiger partial charge >= 0.3 is 5.97 Å². The second-order valence-electron chi connectivity index (χ2n) is 24.0. The number of ether oxygens (including phenoxy) is 1. The van der Waals surface area contributed by atoms with Crippen LogP contribution in [0.15, 0.2) is 85.1 Å². The van der Waals surface area contributed by atoms with Gasteiger partial charge < -0.3 is 28.5 Å². The van der Waals surface area contributed by atoms with Crippen molar-refractivity contribution in [1.82, 2.24) is 5.32 Å². The Bertz CT molecular complexity index is 1660. The Balaban J connectivity index is 5.22. The zero-order valence-electron chi connectivity index (χ0n) is 53.7. The fourth-order valence-corrected chi connectivity index (χ4v) is 10.3. The monoisotopic (exact) mass is 1150 g/mol. The standard InChI is InChI=1S/C71H129N2O7P/c1-7-10-13-16-19-22-25-28-30-32-34-35-36-37-39-40-42-45-48-51-54-57-60-63-70(74)72-68(67-79-81(76,77)78-66-65-73(4,5)6)69(62-59-56-53-50-47-44-27-24-21-18-15-12-9-3)80-71(75)64-61-58-55-52-49-46-43-41-38-33-31-29-26-23-20-17-14-11-8-2/h19-20,22-23,28-31,34-35,37,39,59,62,68-69H,7-18,21,24-27,32-33,36,38,40-58,60-61,63-67H2,1-6H3,(H-,72,74,76,77)/b22-19-,23-20-,30-28-,31-29-,35-34-,39-37-,62-59-. The summed E-state index contributed by atoms with van der Waals surface area (Å²) < 4.78 is 30.4. The molecule has 0 spiro atoms. The first-order chi connectivity index (χ1) is 39.4. The third-order valence-electron chi connectivity index (χ3n) is 14.8. The Morgan fingerprint density at radius 2 is 0.753 bits per heavy atom. The van der Waals surface area contributed by atoms with E-state index in [1.54, 1.807) is 0 Å². The molecule has 0 aromatic carbocycles. The second-order valence-corrected chi connectivity index (χ2v) is 25.4. The van der Waals surface area contributed by atoms with Gasteiger partial charge in [-0.05, 0) is 109 Å². The summed E-state index contributed by atoms with van der Waals surface area (Å²) in [6, 6.07) is -0.901. The molecule has 0 radical (unpaired) electrons. The van der Waals surface area contributed by atoms with Crippen molar-refractivity contribution >= 4 is 19.7 Å². The summed E-state index contributed by atoms with van der Waals surface area (Å²) in [4.78, 5) is 40.1. The zero-order valence-corrected chi connectivity index (χ0v) is 54.6. The molecule has 1 N–H and O–H groups in total. The molecule has 0 saturated heterocycles. The third kappa shape index (κ3) is 61.6. The maximum Gasteiger partial charge on any atom is 0.306 e. The van der Waals surface area contributed by atoms with E-state index < -0.39 is 26.6 Å². The van der Waals surface area contributed by atoms with E-state index in [9.17, 15) is 19.0 Å². The van der Waals surface area contributed by atoms with Crippen LogP contribution in [0, 0.1) is 0 Å². The van der Waals surface area contributed by atoms with E-state index >= 15 is 0 Å². The maximum atomic E-state index is 13.6. The van der Waals surface area contributed by atoms with Crippen LogP contribution in [-0.2, 0) is 27.9 Å². The van der Waals surface area contributed by atoms with Crippen molar-refractivity contribution in [3.8, 4) is 0 Å². The Hall–Kier alpha value is -2.81. The van der Waals surface area contributed by atoms with Crippen molar-refractivity contribution < 1.29 is 37.3 Å². The van der Waals surface area contributed by atoms with Crippen LogP contribution in [0.25, 0.3) is 0 Å². The first-order valence-corrected chi connectivity index (χ1v) is 35.4. The Morgan fingerprint density at radius 1 is 0.432 bits per heavy atom. The highest BCUT2D eigenvalue weighted by Crippen LogP contribution is 2.38. The van der Waals surface area contributed by atoms with Crippen molar-refractivity contribution in [2.24, 2.45) is 0 Å². The predicted molar refractivity (Wildman–Crippen MR) is 348 cm³/mol. The van der Waals surface area contributed by atoms with Gasteiger partial charge in [0, 0.05) is 12.8 Å². The van der Waals surface area contributed by atoms with Crippen molar-refractivity contribution in [3.63, 3.8) is 0 Å². The first-order valence-electron chi connectivity index (χ1n) is 33.9. The maximum absolute atomic E-state index is 13.6. The lowest BCUT2D eigenvalue weighted by Crippen LogP contribution is -2.47. The lowest BCUT2D eigenvalue weighted by atomic mass is 10.0. The highest BCUT2D eigenvalue weighted by atomic mass is 31.2. The summed E-state index contributed by atoms with van der Waals surface area (Å²) in [5.41, 5.74) is 0. The van der Waals surface area contributed by atoms with E-state index in [4.69, 9.17) is 13.8 Å². The number of unbranched alkanes of at least 4 members (excludes halogenated alkanes) is 33. The normalized spacial score (nSPS) is 14.1. The van der Waals surface area contributed by atoms with Gasteiger partial charge in [-0.15, -0.1) is 0 Å². The van der Waals surface area contributed by atoms with E-state index in [1.807, 2.05) is 33.3 Å². The number of quaternary nitrogens is 1. The van der Waals surface area contributed by atoms with Gasteiger partial charge in [-0.25, -0.2) is 0 Å². The van der Waals surface area contributed by atoms with Crippen LogP contribution in [0.3, 0.4) is 0 Å². The fourth-order valence-electron chi connectivity index (χ4n) is 9.54. The molecule has 0 fully saturated rings. The minimum Gasteiger partial charge on any atom is -0.756 e. The molecule has 0 bridgehead atoms. The number of esters is 1. The van der Waals surface area contributed by atoms with Crippen LogP contribution in [0.1, 0.15) is 303 Å². The number of allylic oxidation sites excluding steroid dienone is 13. The number of rotatable bonds is 61. The summed E-state index contributed by atoms with van der Waals surface area (Å²) in [6.45, 7) is 6.80. The highest BCUT2D eigenvalue weighted by molar-refractivity contribution is 7.45. The smallest absolute Gasteiger partial charge is 0.306 e. The Kier molecular flexibility index (Phi) is 58.2. The van der Waals surface area contributed by atoms with Gasteiger partial charge in [-0.2, -0.15) is 0 Å². The number of hydrogen-bond donors (Lipinski definition) is 1. The van der Waals surface area contributed by atoms with Gasteiger partial charge in [0.2, 0.25) is 5.91 Å².